The molecule has 2 aliphatic rings. The number of halogens is 2. The normalized spacial score (nSPS) is 27.7. The van der Waals surface area contributed by atoms with Gasteiger partial charge < -0.3 is 0 Å². The fourth-order valence-electron chi connectivity index (χ4n) is 2.99. The molecule has 1 heterocycles. The number of hydrogen-bond donors (Lipinski definition) is 0. The number of piperidine rings is 1. The number of imide groups is 1. The van der Waals surface area contributed by atoms with Gasteiger partial charge in [-0.25, -0.2) is 4.39 Å². The molecule has 2 unspecified atom stereocenters. The lowest BCUT2D eigenvalue weighted by Crippen LogP contribution is -2.35. The quantitative estimate of drug-likeness (QED) is 0.784. The maximum Gasteiger partial charge on any atom is 0.233 e. The summed E-state index contributed by atoms with van der Waals surface area (Å²) >= 11 is 3.26. The molecule has 100 valence electrons. The molecule has 0 bridgehead atoms. The lowest BCUT2D eigenvalue weighted by Gasteiger charge is -2.20. The molecule has 3 rings (SSSR count). The highest BCUT2D eigenvalue weighted by Gasteiger charge is 2.72. The van der Waals surface area contributed by atoms with E-state index < -0.39 is 5.82 Å². The first-order valence-electron chi connectivity index (χ1n) is 6.13. The number of fused-ring (bicyclic) bond motifs is 1. The molecule has 2 amide bonds. The minimum Gasteiger partial charge on any atom is -0.277 e. The number of rotatable bonds is 2. The molecule has 0 radical (unpaired) electrons. The first-order chi connectivity index (χ1) is 8.84. The predicted molar refractivity (Wildman–Crippen MR) is 70.4 cm³/mol. The van der Waals surface area contributed by atoms with Crippen LogP contribution in [0.5, 0.6) is 0 Å². The molecular weight excluding hydrogens is 313 g/mol. The fourth-order valence-corrected chi connectivity index (χ4v) is 3.40. The second-order valence-electron chi connectivity index (χ2n) is 5.78. The molecular formula is C14H13BrFNO2. The van der Waals surface area contributed by atoms with Gasteiger partial charge in [0.1, 0.15) is 5.82 Å². The lowest BCUT2D eigenvalue weighted by molar-refractivity contribution is -0.143. The van der Waals surface area contributed by atoms with Crippen LogP contribution >= 0.6 is 15.9 Å². The Labute approximate surface area is 118 Å². The van der Waals surface area contributed by atoms with Gasteiger partial charge in [0.25, 0.3) is 0 Å². The SMILES string of the molecule is CC1(C)C2C(=O)N(Cc3cc(Br)ccc3F)C(=O)C21. The van der Waals surface area contributed by atoms with Crippen LogP contribution in [0.3, 0.4) is 0 Å². The van der Waals surface area contributed by atoms with Crippen LogP contribution in [0.25, 0.3) is 0 Å². The van der Waals surface area contributed by atoms with Gasteiger partial charge in [0.2, 0.25) is 11.8 Å². The van der Waals surface area contributed by atoms with Gasteiger partial charge in [-0.2, -0.15) is 0 Å². The Hall–Kier alpha value is -1.23. The van der Waals surface area contributed by atoms with Gasteiger partial charge in [-0.1, -0.05) is 29.8 Å². The monoisotopic (exact) mass is 325 g/mol. The van der Waals surface area contributed by atoms with Crippen LogP contribution in [0.1, 0.15) is 19.4 Å². The van der Waals surface area contributed by atoms with Gasteiger partial charge in [0, 0.05) is 10.0 Å². The zero-order chi connectivity index (χ0) is 13.9. The molecule has 1 saturated heterocycles. The van der Waals surface area contributed by atoms with Crippen molar-refractivity contribution in [2.75, 3.05) is 0 Å². The van der Waals surface area contributed by atoms with E-state index in [0.717, 1.165) is 4.47 Å². The van der Waals surface area contributed by atoms with E-state index in [0.29, 0.717) is 5.56 Å². The third kappa shape index (κ3) is 1.75. The zero-order valence-corrected chi connectivity index (χ0v) is 12.2. The Morgan fingerprint density at radius 2 is 1.84 bits per heavy atom. The molecule has 5 heteroatoms. The van der Waals surface area contributed by atoms with Crippen LogP contribution in [0.15, 0.2) is 22.7 Å². The summed E-state index contributed by atoms with van der Waals surface area (Å²) in [5.74, 6) is -1.16. The van der Waals surface area contributed by atoms with Gasteiger partial charge in [-0.05, 0) is 23.6 Å². The highest BCUT2D eigenvalue weighted by molar-refractivity contribution is 9.10. The van der Waals surface area contributed by atoms with Crippen molar-refractivity contribution in [2.45, 2.75) is 20.4 Å². The average molecular weight is 326 g/mol. The fraction of sp³-hybridized carbons (Fsp3) is 0.429. The van der Waals surface area contributed by atoms with Gasteiger partial charge in [0.15, 0.2) is 0 Å². The molecule has 3 nitrogen and oxygen atoms in total. The molecule has 1 aliphatic heterocycles. The third-order valence-electron chi connectivity index (χ3n) is 4.23. The van der Waals surface area contributed by atoms with E-state index in [2.05, 4.69) is 15.9 Å². The second kappa shape index (κ2) is 3.88. The van der Waals surface area contributed by atoms with E-state index in [1.54, 1.807) is 12.1 Å². The van der Waals surface area contributed by atoms with Crippen molar-refractivity contribution < 1.29 is 14.0 Å². The number of carbonyl (C=O) groups is 2. The van der Waals surface area contributed by atoms with Crippen molar-refractivity contribution in [3.05, 3.63) is 34.1 Å². The van der Waals surface area contributed by atoms with E-state index in [1.807, 2.05) is 13.8 Å². The summed E-state index contributed by atoms with van der Waals surface area (Å²) in [7, 11) is 0. The maximum atomic E-state index is 13.7. The minimum atomic E-state index is -0.399. The molecule has 1 saturated carbocycles. The van der Waals surface area contributed by atoms with Crippen molar-refractivity contribution in [3.63, 3.8) is 0 Å². The molecule has 1 aliphatic carbocycles. The summed E-state index contributed by atoms with van der Waals surface area (Å²) in [5, 5.41) is 0. The summed E-state index contributed by atoms with van der Waals surface area (Å²) in [6.07, 6.45) is 0. The van der Waals surface area contributed by atoms with Gasteiger partial charge in [-0.15, -0.1) is 0 Å². The zero-order valence-electron chi connectivity index (χ0n) is 10.6. The van der Waals surface area contributed by atoms with Crippen molar-refractivity contribution in [3.8, 4) is 0 Å². The molecule has 0 aromatic heterocycles. The maximum absolute atomic E-state index is 13.7. The third-order valence-corrected chi connectivity index (χ3v) is 4.72. The lowest BCUT2D eigenvalue weighted by atomic mass is 10.1. The standard InChI is InChI=1S/C14H13BrFNO2/c1-14(2)10-11(14)13(19)17(12(10)18)6-7-5-8(15)3-4-9(7)16/h3-5,10-11H,6H2,1-2H3. The second-order valence-corrected chi connectivity index (χ2v) is 6.69. The Morgan fingerprint density at radius 1 is 1.26 bits per heavy atom. The molecule has 0 spiro atoms. The molecule has 1 aromatic carbocycles. The van der Waals surface area contributed by atoms with Crippen LogP contribution < -0.4 is 0 Å². The number of hydrogen-bond acceptors (Lipinski definition) is 2. The summed E-state index contributed by atoms with van der Waals surface area (Å²) < 4.78 is 14.4. The minimum absolute atomic E-state index is 0.0199. The Morgan fingerprint density at radius 3 is 2.42 bits per heavy atom. The van der Waals surface area contributed by atoms with Crippen LogP contribution in [0.2, 0.25) is 0 Å². The van der Waals surface area contributed by atoms with Crippen LogP contribution in [-0.2, 0) is 16.1 Å². The van der Waals surface area contributed by atoms with Gasteiger partial charge >= 0.3 is 0 Å². The van der Waals surface area contributed by atoms with Crippen LogP contribution in [-0.4, -0.2) is 16.7 Å². The van der Waals surface area contributed by atoms with Crippen LogP contribution in [0, 0.1) is 23.1 Å². The van der Waals surface area contributed by atoms with Crippen LogP contribution in [0.4, 0.5) is 4.39 Å². The summed E-state index contributed by atoms with van der Waals surface area (Å²) in [4.78, 5) is 25.5. The number of benzene rings is 1. The molecule has 0 N–H and O–H groups in total. The largest absolute Gasteiger partial charge is 0.277 e. The van der Waals surface area contributed by atoms with E-state index in [1.165, 1.54) is 11.0 Å². The number of carbonyl (C=O) groups excluding carboxylic acids is 2. The Bertz CT molecular complexity index is 575. The van der Waals surface area contributed by atoms with Crippen molar-refractivity contribution in [1.29, 1.82) is 0 Å². The van der Waals surface area contributed by atoms with Gasteiger partial charge in [-0.3, -0.25) is 14.5 Å². The van der Waals surface area contributed by atoms with Crippen molar-refractivity contribution >= 4 is 27.7 Å². The number of nitrogens with zero attached hydrogens (tertiary/aromatic N) is 1. The number of likely N-dealkylation sites (tertiary alicyclic amines) is 1. The van der Waals surface area contributed by atoms with E-state index in [-0.39, 0.29) is 35.6 Å². The van der Waals surface area contributed by atoms with Crippen molar-refractivity contribution in [1.82, 2.24) is 4.90 Å². The molecule has 2 atom stereocenters. The van der Waals surface area contributed by atoms with E-state index in [4.69, 9.17) is 0 Å². The Balaban J connectivity index is 1.85. The summed E-state index contributed by atoms with van der Waals surface area (Å²) in [5.41, 5.74) is 0.135. The highest BCUT2D eigenvalue weighted by atomic mass is 79.9. The Kier molecular flexibility index (Phi) is 2.61. The first-order valence-corrected chi connectivity index (χ1v) is 6.92. The van der Waals surface area contributed by atoms with Gasteiger partial charge in [0.05, 0.1) is 18.4 Å². The van der Waals surface area contributed by atoms with E-state index >= 15 is 0 Å². The smallest absolute Gasteiger partial charge is 0.233 e. The molecule has 1 aromatic rings. The molecule has 19 heavy (non-hydrogen) atoms. The average Bonchev–Trinajstić information content (AvgIpc) is 2.80. The van der Waals surface area contributed by atoms with E-state index in [9.17, 15) is 14.0 Å². The topological polar surface area (TPSA) is 37.4 Å². The molecule has 2 fully saturated rings. The number of amides is 2. The van der Waals surface area contributed by atoms with Crippen molar-refractivity contribution in [2.24, 2.45) is 17.3 Å². The highest BCUT2D eigenvalue weighted by Crippen LogP contribution is 2.63. The summed E-state index contributed by atoms with van der Waals surface area (Å²) in [6.45, 7) is 3.87. The predicted octanol–water partition coefficient (Wildman–Crippen LogP) is 2.73. The first kappa shape index (κ1) is 12.8. The summed E-state index contributed by atoms with van der Waals surface area (Å²) in [6, 6.07) is 4.52.